The van der Waals surface area contributed by atoms with Crippen molar-refractivity contribution in [3.63, 3.8) is 0 Å². The highest BCUT2D eigenvalue weighted by atomic mass is 16.5. The highest BCUT2D eigenvalue weighted by Gasteiger charge is 2.31. The fourth-order valence-corrected chi connectivity index (χ4v) is 3.46. The molecule has 0 bridgehead atoms. The molecule has 3 aromatic rings. The molecule has 0 radical (unpaired) electrons. The number of benzene rings is 1. The quantitative estimate of drug-likeness (QED) is 0.593. The summed E-state index contributed by atoms with van der Waals surface area (Å²) in [5.74, 6) is 2.48. The number of rotatable bonds is 7. The van der Waals surface area contributed by atoms with Crippen molar-refractivity contribution in [3.05, 3.63) is 65.4 Å². The summed E-state index contributed by atoms with van der Waals surface area (Å²) in [5, 5.41) is 4.06. The van der Waals surface area contributed by atoms with Gasteiger partial charge in [-0.15, -0.1) is 0 Å². The molecule has 30 heavy (non-hydrogen) atoms. The number of nitrogens with zero attached hydrogens (tertiary/aromatic N) is 4. The Morgan fingerprint density at radius 3 is 2.97 bits per heavy atom. The first-order chi connectivity index (χ1) is 14.6. The van der Waals surface area contributed by atoms with E-state index in [1.165, 1.54) is 6.20 Å². The lowest BCUT2D eigenvalue weighted by Crippen LogP contribution is -2.28. The topological polar surface area (TPSA) is 90.6 Å². The molecule has 1 fully saturated rings. The monoisotopic (exact) mass is 408 g/mol. The molecule has 1 aliphatic heterocycles. The molecule has 1 atom stereocenters. The van der Waals surface area contributed by atoms with Crippen molar-refractivity contribution in [1.29, 1.82) is 0 Å². The van der Waals surface area contributed by atoms with Crippen LogP contribution in [-0.2, 0) is 6.42 Å². The normalized spacial score (nSPS) is 15.9. The first-order valence-electron chi connectivity index (χ1n) is 9.93. The molecule has 0 spiro atoms. The molecule has 8 heteroatoms. The molecule has 2 aromatic heterocycles. The zero-order chi connectivity index (χ0) is 20.9. The SMILES string of the molecule is COc1ccc(C(=O)N2CCC(c3nc(CCOc4cccc(C)c4)no3)C2)cn1. The zero-order valence-corrected chi connectivity index (χ0v) is 17.1. The Labute approximate surface area is 174 Å². The summed E-state index contributed by atoms with van der Waals surface area (Å²) in [4.78, 5) is 23.1. The number of hydrogen-bond donors (Lipinski definition) is 0. The molecule has 0 aliphatic carbocycles. The maximum atomic E-state index is 12.7. The van der Waals surface area contributed by atoms with Crippen LogP contribution >= 0.6 is 0 Å². The van der Waals surface area contributed by atoms with Crippen LogP contribution in [-0.4, -0.2) is 52.7 Å². The van der Waals surface area contributed by atoms with Crippen LogP contribution in [0.25, 0.3) is 0 Å². The van der Waals surface area contributed by atoms with Gasteiger partial charge in [0, 0.05) is 31.8 Å². The van der Waals surface area contributed by atoms with Crippen LogP contribution < -0.4 is 9.47 Å². The summed E-state index contributed by atoms with van der Waals surface area (Å²) >= 11 is 0. The number of pyridine rings is 1. The van der Waals surface area contributed by atoms with Gasteiger partial charge in [0.15, 0.2) is 5.82 Å². The maximum absolute atomic E-state index is 12.7. The number of ether oxygens (including phenoxy) is 2. The average Bonchev–Trinajstić information content (AvgIpc) is 3.43. The Morgan fingerprint density at radius 1 is 1.30 bits per heavy atom. The standard InChI is InChI=1S/C22H24N4O4/c1-15-4-3-5-18(12-15)29-11-9-19-24-21(30-25-19)17-8-10-26(14-17)22(27)16-6-7-20(28-2)23-13-16/h3-7,12-13,17H,8-11,14H2,1-2H3. The van der Waals surface area contributed by atoms with Crippen molar-refractivity contribution < 1.29 is 18.8 Å². The van der Waals surface area contributed by atoms with E-state index in [0.717, 1.165) is 17.7 Å². The molecule has 4 rings (SSSR count). The van der Waals surface area contributed by atoms with Crippen molar-refractivity contribution in [2.45, 2.75) is 25.7 Å². The fourth-order valence-electron chi connectivity index (χ4n) is 3.46. The maximum Gasteiger partial charge on any atom is 0.255 e. The zero-order valence-electron chi connectivity index (χ0n) is 17.1. The number of methoxy groups -OCH3 is 1. The number of amides is 1. The van der Waals surface area contributed by atoms with E-state index in [1.807, 2.05) is 31.2 Å². The number of carbonyl (C=O) groups is 1. The highest BCUT2D eigenvalue weighted by Crippen LogP contribution is 2.27. The molecule has 156 valence electrons. The minimum Gasteiger partial charge on any atom is -0.493 e. The second kappa shape index (κ2) is 8.94. The van der Waals surface area contributed by atoms with Crippen LogP contribution in [0.5, 0.6) is 11.6 Å². The third-order valence-electron chi connectivity index (χ3n) is 5.08. The molecule has 1 aromatic carbocycles. The summed E-state index contributed by atoms with van der Waals surface area (Å²) in [6.45, 7) is 3.69. The molecule has 1 aliphatic rings. The van der Waals surface area contributed by atoms with Gasteiger partial charge < -0.3 is 18.9 Å². The second-order valence-corrected chi connectivity index (χ2v) is 7.29. The summed E-state index contributed by atoms with van der Waals surface area (Å²) < 4.78 is 16.2. The predicted molar refractivity (Wildman–Crippen MR) is 109 cm³/mol. The number of aryl methyl sites for hydroxylation is 1. The van der Waals surface area contributed by atoms with Crippen LogP contribution in [0.1, 0.15) is 40.0 Å². The van der Waals surface area contributed by atoms with E-state index in [9.17, 15) is 4.79 Å². The smallest absolute Gasteiger partial charge is 0.255 e. The molecule has 0 saturated carbocycles. The van der Waals surface area contributed by atoms with Gasteiger partial charge in [0.2, 0.25) is 11.8 Å². The van der Waals surface area contributed by atoms with Gasteiger partial charge in [-0.1, -0.05) is 17.3 Å². The van der Waals surface area contributed by atoms with Crippen molar-refractivity contribution in [1.82, 2.24) is 20.0 Å². The van der Waals surface area contributed by atoms with Crippen LogP contribution in [0.2, 0.25) is 0 Å². The van der Waals surface area contributed by atoms with Gasteiger partial charge in [0.05, 0.1) is 25.2 Å². The number of carbonyl (C=O) groups excluding carboxylic acids is 1. The van der Waals surface area contributed by atoms with Gasteiger partial charge in [-0.2, -0.15) is 4.98 Å². The molecular weight excluding hydrogens is 384 g/mol. The van der Waals surface area contributed by atoms with Gasteiger partial charge >= 0.3 is 0 Å². The van der Waals surface area contributed by atoms with Crippen LogP contribution in [0.15, 0.2) is 47.1 Å². The second-order valence-electron chi connectivity index (χ2n) is 7.29. The molecular formula is C22H24N4O4. The molecule has 8 nitrogen and oxygen atoms in total. The van der Waals surface area contributed by atoms with E-state index in [4.69, 9.17) is 14.0 Å². The lowest BCUT2D eigenvalue weighted by Gasteiger charge is -2.15. The van der Waals surface area contributed by atoms with Crippen LogP contribution in [0.3, 0.4) is 0 Å². The third-order valence-corrected chi connectivity index (χ3v) is 5.08. The van der Waals surface area contributed by atoms with E-state index in [0.29, 0.717) is 49.3 Å². The molecule has 1 amide bonds. The Kier molecular flexibility index (Phi) is 5.92. The molecule has 3 heterocycles. The van der Waals surface area contributed by atoms with Gasteiger partial charge in [-0.25, -0.2) is 4.98 Å². The largest absolute Gasteiger partial charge is 0.493 e. The summed E-state index contributed by atoms with van der Waals surface area (Å²) in [6, 6.07) is 11.3. The minimum atomic E-state index is -0.0565. The Balaban J connectivity index is 1.30. The number of hydrogen-bond acceptors (Lipinski definition) is 7. The summed E-state index contributed by atoms with van der Waals surface area (Å²) in [7, 11) is 1.54. The molecule has 0 N–H and O–H groups in total. The predicted octanol–water partition coefficient (Wildman–Crippen LogP) is 3.03. The summed E-state index contributed by atoms with van der Waals surface area (Å²) in [6.07, 6.45) is 2.88. The van der Waals surface area contributed by atoms with E-state index in [2.05, 4.69) is 15.1 Å². The molecule has 1 unspecified atom stereocenters. The Morgan fingerprint density at radius 2 is 2.20 bits per heavy atom. The minimum absolute atomic E-state index is 0.0408. The first kappa shape index (κ1) is 19.9. The van der Waals surface area contributed by atoms with Crippen molar-refractivity contribution in [2.75, 3.05) is 26.8 Å². The lowest BCUT2D eigenvalue weighted by molar-refractivity contribution is 0.0789. The number of aromatic nitrogens is 3. The Bertz CT molecular complexity index is 1000. The highest BCUT2D eigenvalue weighted by molar-refractivity contribution is 5.94. The average molecular weight is 408 g/mol. The van der Waals surface area contributed by atoms with E-state index >= 15 is 0 Å². The van der Waals surface area contributed by atoms with E-state index in [1.54, 1.807) is 24.1 Å². The third kappa shape index (κ3) is 4.59. The van der Waals surface area contributed by atoms with Crippen molar-refractivity contribution in [3.8, 4) is 11.6 Å². The Hall–Kier alpha value is -3.42. The first-order valence-corrected chi connectivity index (χ1v) is 9.93. The van der Waals surface area contributed by atoms with Gasteiger partial charge in [-0.05, 0) is 37.1 Å². The van der Waals surface area contributed by atoms with Crippen LogP contribution in [0, 0.1) is 6.92 Å². The van der Waals surface area contributed by atoms with E-state index in [-0.39, 0.29) is 11.8 Å². The van der Waals surface area contributed by atoms with Crippen molar-refractivity contribution >= 4 is 5.91 Å². The fraction of sp³-hybridized carbons (Fsp3) is 0.364. The van der Waals surface area contributed by atoms with Crippen LogP contribution in [0.4, 0.5) is 0 Å². The van der Waals surface area contributed by atoms with Gasteiger partial charge in [0.1, 0.15) is 5.75 Å². The summed E-state index contributed by atoms with van der Waals surface area (Å²) in [5.41, 5.74) is 1.69. The van der Waals surface area contributed by atoms with Gasteiger partial charge in [0.25, 0.3) is 5.91 Å². The number of likely N-dealkylation sites (tertiary alicyclic amines) is 1. The van der Waals surface area contributed by atoms with Crippen molar-refractivity contribution in [2.24, 2.45) is 0 Å². The van der Waals surface area contributed by atoms with Gasteiger partial charge in [-0.3, -0.25) is 4.79 Å². The molecule has 1 saturated heterocycles. The lowest BCUT2D eigenvalue weighted by atomic mass is 10.1. The van der Waals surface area contributed by atoms with E-state index < -0.39 is 0 Å².